The van der Waals surface area contributed by atoms with Gasteiger partial charge in [-0.3, -0.25) is 20.2 Å². The molecule has 6 rings (SSSR count). The number of thiocarbonyl (C=S) groups is 1. The Balaban J connectivity index is 1.19. The van der Waals surface area contributed by atoms with Crippen LogP contribution in [-0.2, 0) is 0 Å². The van der Waals surface area contributed by atoms with Crippen LogP contribution in [0.3, 0.4) is 0 Å². The molecule has 0 atom stereocenters. The van der Waals surface area contributed by atoms with E-state index < -0.39 is 10.8 Å². The number of halogens is 1. The maximum absolute atomic E-state index is 12.8. The van der Waals surface area contributed by atoms with Gasteiger partial charge in [0.15, 0.2) is 10.7 Å². The van der Waals surface area contributed by atoms with Crippen LogP contribution >= 0.6 is 23.8 Å². The zero-order valence-corrected chi connectivity index (χ0v) is 22.6. The molecule has 1 fully saturated rings. The Labute approximate surface area is 238 Å². The Hall–Kier alpha value is -4.54. The van der Waals surface area contributed by atoms with Crippen LogP contribution in [0.4, 0.5) is 17.1 Å². The van der Waals surface area contributed by atoms with Gasteiger partial charge in [0.2, 0.25) is 5.89 Å². The van der Waals surface area contributed by atoms with Crippen molar-refractivity contribution in [2.75, 3.05) is 23.3 Å². The molecular formula is C29H22ClN5O4S. The Kier molecular flexibility index (Phi) is 6.79. The van der Waals surface area contributed by atoms with E-state index in [4.69, 9.17) is 28.2 Å². The molecule has 2 heterocycles. The SMILES string of the molecule is O=C(NC(=S)Nc1ccc2oc(-c3cccc4c(Cl)cccc34)nc2c1)c1ccc(N2CCCC2)c([N+](=O)[O-])c1. The number of carbonyl (C=O) groups excluding carboxylic acids is 1. The number of fused-ring (bicyclic) bond motifs is 2. The van der Waals surface area contributed by atoms with Gasteiger partial charge >= 0.3 is 0 Å². The van der Waals surface area contributed by atoms with Crippen LogP contribution in [0.25, 0.3) is 33.3 Å². The molecule has 0 bridgehead atoms. The predicted molar refractivity (Wildman–Crippen MR) is 160 cm³/mol. The molecule has 1 aliphatic heterocycles. The summed E-state index contributed by atoms with van der Waals surface area (Å²) in [7, 11) is 0. The maximum Gasteiger partial charge on any atom is 0.293 e. The van der Waals surface area contributed by atoms with Gasteiger partial charge in [0.1, 0.15) is 11.2 Å². The van der Waals surface area contributed by atoms with E-state index in [-0.39, 0.29) is 16.4 Å². The highest BCUT2D eigenvalue weighted by Gasteiger charge is 2.24. The summed E-state index contributed by atoms with van der Waals surface area (Å²) in [5, 5.41) is 19.8. The van der Waals surface area contributed by atoms with E-state index in [2.05, 4.69) is 15.6 Å². The molecular weight excluding hydrogens is 550 g/mol. The summed E-state index contributed by atoms with van der Waals surface area (Å²) in [5.41, 5.74) is 3.15. The number of nitrogens with one attached hydrogen (secondary N) is 2. The highest BCUT2D eigenvalue weighted by atomic mass is 35.5. The van der Waals surface area contributed by atoms with Crippen molar-refractivity contribution < 1.29 is 14.1 Å². The fourth-order valence-corrected chi connectivity index (χ4v) is 5.40. The lowest BCUT2D eigenvalue weighted by Gasteiger charge is -2.18. The molecule has 0 unspecified atom stereocenters. The predicted octanol–water partition coefficient (Wildman–Crippen LogP) is 6.94. The van der Waals surface area contributed by atoms with Crippen molar-refractivity contribution in [2.24, 2.45) is 0 Å². The smallest absolute Gasteiger partial charge is 0.293 e. The van der Waals surface area contributed by atoms with E-state index in [1.54, 1.807) is 30.3 Å². The van der Waals surface area contributed by atoms with Crippen LogP contribution in [0.1, 0.15) is 23.2 Å². The summed E-state index contributed by atoms with van der Waals surface area (Å²) in [6, 6.07) is 21.2. The number of hydrogen-bond donors (Lipinski definition) is 2. The number of rotatable bonds is 5. The number of nitro groups is 1. The molecule has 11 heteroatoms. The third-order valence-electron chi connectivity index (χ3n) is 6.85. The zero-order valence-electron chi connectivity index (χ0n) is 21.0. The molecule has 1 aliphatic rings. The number of anilines is 2. The number of oxazole rings is 1. The van der Waals surface area contributed by atoms with Gasteiger partial charge in [-0.15, -0.1) is 0 Å². The van der Waals surface area contributed by atoms with E-state index in [1.165, 1.54) is 6.07 Å². The summed E-state index contributed by atoms with van der Waals surface area (Å²) in [6.45, 7) is 1.52. The third-order valence-corrected chi connectivity index (χ3v) is 7.39. The molecule has 1 aromatic heterocycles. The first-order valence-corrected chi connectivity index (χ1v) is 13.4. The molecule has 0 aliphatic carbocycles. The normalized spacial score (nSPS) is 13.1. The summed E-state index contributed by atoms with van der Waals surface area (Å²) in [5.74, 6) is -0.0946. The Morgan fingerprint density at radius 3 is 2.60 bits per heavy atom. The van der Waals surface area contributed by atoms with Gasteiger partial charge in [-0.25, -0.2) is 4.98 Å². The van der Waals surface area contributed by atoms with Gasteiger partial charge < -0.3 is 14.6 Å². The lowest BCUT2D eigenvalue weighted by Crippen LogP contribution is -2.34. The average Bonchev–Trinajstić information content (AvgIpc) is 3.63. The van der Waals surface area contributed by atoms with Crippen molar-refractivity contribution in [3.8, 4) is 11.5 Å². The highest BCUT2D eigenvalue weighted by Crippen LogP contribution is 2.34. The van der Waals surface area contributed by atoms with Crippen LogP contribution in [-0.4, -0.2) is 34.0 Å². The monoisotopic (exact) mass is 571 g/mol. The van der Waals surface area contributed by atoms with Gasteiger partial charge in [-0.2, -0.15) is 0 Å². The number of nitrogens with zero attached hydrogens (tertiary/aromatic N) is 3. The number of nitro benzene ring substituents is 1. The van der Waals surface area contributed by atoms with Gasteiger partial charge in [0.25, 0.3) is 11.6 Å². The van der Waals surface area contributed by atoms with E-state index in [9.17, 15) is 14.9 Å². The van der Waals surface area contributed by atoms with Crippen molar-refractivity contribution in [2.45, 2.75) is 12.8 Å². The Morgan fingerprint density at radius 2 is 1.80 bits per heavy atom. The van der Waals surface area contributed by atoms with E-state index in [0.717, 1.165) is 42.3 Å². The second kappa shape index (κ2) is 10.6. The quantitative estimate of drug-likeness (QED) is 0.132. The lowest BCUT2D eigenvalue weighted by atomic mass is 10.0. The first kappa shape index (κ1) is 25.7. The lowest BCUT2D eigenvalue weighted by molar-refractivity contribution is -0.384. The van der Waals surface area contributed by atoms with Crippen LogP contribution in [0.15, 0.2) is 77.2 Å². The van der Waals surface area contributed by atoms with Gasteiger partial charge in [-0.05, 0) is 72.9 Å². The molecule has 40 heavy (non-hydrogen) atoms. The largest absolute Gasteiger partial charge is 0.436 e. The van der Waals surface area contributed by atoms with E-state index in [1.807, 2.05) is 41.3 Å². The second-order valence-electron chi connectivity index (χ2n) is 9.41. The molecule has 0 spiro atoms. The van der Waals surface area contributed by atoms with Crippen molar-refractivity contribution in [3.63, 3.8) is 0 Å². The third kappa shape index (κ3) is 4.94. The highest BCUT2D eigenvalue weighted by molar-refractivity contribution is 7.80. The number of hydrogen-bond acceptors (Lipinski definition) is 7. The topological polar surface area (TPSA) is 114 Å². The van der Waals surface area contributed by atoms with Crippen LogP contribution < -0.4 is 15.5 Å². The van der Waals surface area contributed by atoms with Crippen molar-refractivity contribution in [3.05, 3.63) is 93.5 Å². The summed E-state index contributed by atoms with van der Waals surface area (Å²) in [4.78, 5) is 30.7. The molecule has 4 aromatic carbocycles. The summed E-state index contributed by atoms with van der Waals surface area (Å²) in [6.07, 6.45) is 1.97. The number of carbonyl (C=O) groups is 1. The van der Waals surface area contributed by atoms with Crippen molar-refractivity contribution in [1.82, 2.24) is 10.3 Å². The van der Waals surface area contributed by atoms with Crippen molar-refractivity contribution in [1.29, 1.82) is 0 Å². The molecule has 1 saturated heterocycles. The van der Waals surface area contributed by atoms with Crippen LogP contribution in [0, 0.1) is 10.1 Å². The minimum Gasteiger partial charge on any atom is -0.436 e. The maximum atomic E-state index is 12.8. The molecule has 200 valence electrons. The molecule has 9 nitrogen and oxygen atoms in total. The fraction of sp³-hybridized carbons (Fsp3) is 0.138. The van der Waals surface area contributed by atoms with Gasteiger partial charge in [-0.1, -0.05) is 35.9 Å². The molecule has 5 aromatic rings. The summed E-state index contributed by atoms with van der Waals surface area (Å²) >= 11 is 11.7. The molecule has 0 saturated carbocycles. The average molecular weight is 572 g/mol. The first-order chi connectivity index (χ1) is 19.4. The number of aromatic nitrogens is 1. The molecule has 0 radical (unpaired) electrons. The number of benzene rings is 4. The van der Waals surface area contributed by atoms with Crippen LogP contribution in [0.5, 0.6) is 0 Å². The molecule has 1 amide bonds. The van der Waals surface area contributed by atoms with E-state index in [0.29, 0.717) is 33.4 Å². The second-order valence-corrected chi connectivity index (χ2v) is 10.2. The zero-order chi connectivity index (χ0) is 27.8. The van der Waals surface area contributed by atoms with Crippen LogP contribution in [0.2, 0.25) is 5.02 Å². The van der Waals surface area contributed by atoms with Crippen molar-refractivity contribution >= 4 is 73.8 Å². The van der Waals surface area contributed by atoms with Gasteiger partial charge in [0, 0.05) is 46.4 Å². The Bertz CT molecular complexity index is 1820. The van der Waals surface area contributed by atoms with Gasteiger partial charge in [0.05, 0.1) is 4.92 Å². The fourth-order valence-electron chi connectivity index (χ4n) is 4.95. The number of amides is 1. The minimum atomic E-state index is -0.548. The Morgan fingerprint density at radius 1 is 1.02 bits per heavy atom. The molecule has 2 N–H and O–H groups in total. The first-order valence-electron chi connectivity index (χ1n) is 12.6. The summed E-state index contributed by atoms with van der Waals surface area (Å²) < 4.78 is 6.02. The van der Waals surface area contributed by atoms with E-state index >= 15 is 0 Å². The standard InChI is InChI=1S/C29H22ClN5O4S/c30-22-8-4-5-19-20(22)6-3-7-21(19)28-32-23-16-18(10-12-26(23)39-28)31-29(40)33-27(36)17-9-11-24(25(15-17)35(37)38)34-13-1-2-14-34/h3-12,15-16H,1-2,13-14H2,(H2,31,33,36,40). The minimum absolute atomic E-state index is 0.0445.